The maximum atomic E-state index is 6.50. The Hall–Kier alpha value is -5.92. The highest BCUT2D eigenvalue weighted by atomic mass is 16.3. The zero-order valence-electron chi connectivity index (χ0n) is 24.6. The smallest absolute Gasteiger partial charge is 0.136 e. The Balaban J connectivity index is 1.19. The van der Waals surface area contributed by atoms with Crippen LogP contribution in [0.5, 0.6) is 0 Å². The van der Waals surface area contributed by atoms with E-state index in [2.05, 4.69) is 170 Å². The number of fused-ring (bicyclic) bond motifs is 5. The molecule has 9 rings (SSSR count). The van der Waals surface area contributed by atoms with Crippen molar-refractivity contribution in [3.63, 3.8) is 0 Å². The number of rotatable bonds is 4. The van der Waals surface area contributed by atoms with Crippen LogP contribution in [-0.4, -0.2) is 0 Å². The van der Waals surface area contributed by atoms with E-state index < -0.39 is 0 Å². The van der Waals surface area contributed by atoms with Crippen LogP contribution in [-0.2, 0) is 0 Å². The molecule has 1 aromatic heterocycles. The van der Waals surface area contributed by atoms with Crippen LogP contribution in [0.2, 0.25) is 0 Å². The summed E-state index contributed by atoms with van der Waals surface area (Å²) < 4.78 is 6.50. The van der Waals surface area contributed by atoms with Gasteiger partial charge in [0.15, 0.2) is 0 Å². The summed E-state index contributed by atoms with van der Waals surface area (Å²) in [7, 11) is 0. The molecule has 45 heavy (non-hydrogen) atoms. The molecule has 0 bridgehead atoms. The van der Waals surface area contributed by atoms with Crippen molar-refractivity contribution < 1.29 is 4.42 Å². The van der Waals surface area contributed by atoms with E-state index in [1.165, 1.54) is 60.5 Å². The minimum Gasteiger partial charge on any atom is -0.456 e. The van der Waals surface area contributed by atoms with Crippen LogP contribution in [0.4, 0.5) is 0 Å². The van der Waals surface area contributed by atoms with E-state index in [1.54, 1.807) is 0 Å². The molecule has 0 atom stereocenters. The maximum Gasteiger partial charge on any atom is 0.136 e. The topological polar surface area (TPSA) is 13.1 Å². The second kappa shape index (κ2) is 10.4. The molecule has 210 valence electrons. The summed E-state index contributed by atoms with van der Waals surface area (Å²) in [4.78, 5) is 0. The predicted octanol–water partition coefficient (Wildman–Crippen LogP) is 12.6. The van der Waals surface area contributed by atoms with Crippen molar-refractivity contribution in [3.8, 4) is 44.5 Å². The Morgan fingerprint density at radius 2 is 0.689 bits per heavy atom. The van der Waals surface area contributed by atoms with Gasteiger partial charge in [-0.05, 0) is 90.3 Å². The molecular formula is C44H28O. The molecule has 0 saturated carbocycles. The van der Waals surface area contributed by atoms with Crippen molar-refractivity contribution in [2.24, 2.45) is 0 Å². The van der Waals surface area contributed by atoms with E-state index in [0.717, 1.165) is 27.5 Å². The van der Waals surface area contributed by atoms with Crippen molar-refractivity contribution in [2.45, 2.75) is 0 Å². The first-order chi connectivity index (χ1) is 22.3. The third kappa shape index (κ3) is 4.24. The number of hydrogen-bond donors (Lipinski definition) is 0. The molecule has 0 aliphatic carbocycles. The van der Waals surface area contributed by atoms with Gasteiger partial charge < -0.3 is 4.42 Å². The van der Waals surface area contributed by atoms with Crippen molar-refractivity contribution in [3.05, 3.63) is 170 Å². The van der Waals surface area contributed by atoms with Crippen LogP contribution < -0.4 is 0 Å². The molecule has 9 aromatic rings. The van der Waals surface area contributed by atoms with Gasteiger partial charge in [0.2, 0.25) is 0 Å². The Labute approximate surface area is 261 Å². The third-order valence-corrected chi connectivity index (χ3v) is 9.08. The van der Waals surface area contributed by atoms with Gasteiger partial charge in [-0.25, -0.2) is 0 Å². The van der Waals surface area contributed by atoms with Crippen LogP contribution in [0.3, 0.4) is 0 Å². The van der Waals surface area contributed by atoms with E-state index in [0.29, 0.717) is 0 Å². The Morgan fingerprint density at radius 1 is 0.244 bits per heavy atom. The summed E-state index contributed by atoms with van der Waals surface area (Å²) in [5, 5.41) is 7.26. The first-order valence-corrected chi connectivity index (χ1v) is 15.4. The summed E-state index contributed by atoms with van der Waals surface area (Å²) in [6.07, 6.45) is 0. The molecule has 8 aromatic carbocycles. The third-order valence-electron chi connectivity index (χ3n) is 9.08. The standard InChI is InChI=1S/C44H28O/c1-3-11-29(12-4-1)30-19-21-31(22-20-30)33-24-26-41-40(27-33)35-25-23-34(28-42(35)45-41)44-38-17-9-7-15-36(38)43(32-13-5-2-6-14-32)37-16-8-10-18-39(37)44/h1-28H. The Bertz CT molecular complexity index is 2450. The molecule has 0 radical (unpaired) electrons. The highest BCUT2D eigenvalue weighted by Crippen LogP contribution is 2.44. The highest BCUT2D eigenvalue weighted by Gasteiger charge is 2.18. The number of benzene rings is 8. The molecular weight excluding hydrogens is 544 g/mol. The zero-order valence-corrected chi connectivity index (χ0v) is 24.6. The first-order valence-electron chi connectivity index (χ1n) is 15.4. The first kappa shape index (κ1) is 25.6. The minimum absolute atomic E-state index is 0.902. The number of furan rings is 1. The van der Waals surface area contributed by atoms with Crippen LogP contribution in [0, 0.1) is 0 Å². The van der Waals surface area contributed by atoms with Gasteiger partial charge in [0.1, 0.15) is 11.2 Å². The van der Waals surface area contributed by atoms with Crippen molar-refractivity contribution in [2.75, 3.05) is 0 Å². The predicted molar refractivity (Wildman–Crippen MR) is 190 cm³/mol. The van der Waals surface area contributed by atoms with Crippen LogP contribution in [0.15, 0.2) is 174 Å². The van der Waals surface area contributed by atoms with Crippen LogP contribution in [0.25, 0.3) is 88.0 Å². The fraction of sp³-hybridized carbons (Fsp3) is 0. The second-order valence-electron chi connectivity index (χ2n) is 11.7. The Morgan fingerprint density at radius 3 is 1.29 bits per heavy atom. The molecule has 0 fully saturated rings. The molecule has 0 N–H and O–H groups in total. The molecule has 0 spiro atoms. The lowest BCUT2D eigenvalue weighted by atomic mass is 9.86. The SMILES string of the molecule is c1ccc(-c2ccc(-c3ccc4oc5cc(-c6c7ccccc7c(-c7ccccc7)c7ccccc67)ccc5c4c3)cc2)cc1. The lowest BCUT2D eigenvalue weighted by Gasteiger charge is -2.17. The fourth-order valence-corrected chi connectivity index (χ4v) is 6.95. The monoisotopic (exact) mass is 572 g/mol. The molecule has 0 unspecified atom stereocenters. The summed E-state index contributed by atoms with van der Waals surface area (Å²) >= 11 is 0. The van der Waals surface area contributed by atoms with Gasteiger partial charge in [-0.15, -0.1) is 0 Å². The van der Waals surface area contributed by atoms with Crippen molar-refractivity contribution in [1.82, 2.24) is 0 Å². The molecule has 0 aliphatic heterocycles. The average Bonchev–Trinajstić information content (AvgIpc) is 3.48. The quantitative estimate of drug-likeness (QED) is 0.191. The highest BCUT2D eigenvalue weighted by molar-refractivity contribution is 6.22. The summed E-state index contributed by atoms with van der Waals surface area (Å²) in [5.74, 6) is 0. The molecule has 0 amide bonds. The van der Waals surface area contributed by atoms with Crippen LogP contribution in [0.1, 0.15) is 0 Å². The zero-order chi connectivity index (χ0) is 29.7. The van der Waals surface area contributed by atoms with Gasteiger partial charge >= 0.3 is 0 Å². The van der Waals surface area contributed by atoms with Crippen LogP contribution >= 0.6 is 0 Å². The van der Waals surface area contributed by atoms with Crippen molar-refractivity contribution >= 4 is 43.5 Å². The van der Waals surface area contributed by atoms with Gasteiger partial charge in [-0.3, -0.25) is 0 Å². The molecule has 0 saturated heterocycles. The van der Waals surface area contributed by atoms with Crippen molar-refractivity contribution in [1.29, 1.82) is 0 Å². The van der Waals surface area contributed by atoms with E-state index in [9.17, 15) is 0 Å². The molecule has 1 heteroatoms. The minimum atomic E-state index is 0.902. The summed E-state index contributed by atoms with van der Waals surface area (Å²) in [6, 6.07) is 60.9. The fourth-order valence-electron chi connectivity index (χ4n) is 6.95. The van der Waals surface area contributed by atoms with E-state index in [1.807, 2.05) is 0 Å². The van der Waals surface area contributed by atoms with Gasteiger partial charge in [0.25, 0.3) is 0 Å². The van der Waals surface area contributed by atoms with E-state index >= 15 is 0 Å². The lowest BCUT2D eigenvalue weighted by Crippen LogP contribution is -1.90. The van der Waals surface area contributed by atoms with Gasteiger partial charge in [0, 0.05) is 10.8 Å². The summed E-state index contributed by atoms with van der Waals surface area (Å²) in [6.45, 7) is 0. The maximum absolute atomic E-state index is 6.50. The second-order valence-corrected chi connectivity index (χ2v) is 11.7. The van der Waals surface area contributed by atoms with E-state index in [4.69, 9.17) is 4.42 Å². The summed E-state index contributed by atoms with van der Waals surface area (Å²) in [5.41, 5.74) is 11.5. The molecule has 0 aliphatic rings. The molecule has 1 heterocycles. The molecule has 1 nitrogen and oxygen atoms in total. The number of hydrogen-bond acceptors (Lipinski definition) is 1. The van der Waals surface area contributed by atoms with E-state index in [-0.39, 0.29) is 0 Å². The van der Waals surface area contributed by atoms with Gasteiger partial charge in [-0.2, -0.15) is 0 Å². The lowest BCUT2D eigenvalue weighted by molar-refractivity contribution is 0.669. The average molecular weight is 573 g/mol. The van der Waals surface area contributed by atoms with Gasteiger partial charge in [0.05, 0.1) is 0 Å². The Kier molecular flexibility index (Phi) is 5.89. The largest absolute Gasteiger partial charge is 0.456 e. The van der Waals surface area contributed by atoms with Gasteiger partial charge in [-0.1, -0.05) is 146 Å². The normalized spacial score (nSPS) is 11.6.